The average molecular weight is 368 g/mol. The van der Waals surface area contributed by atoms with Crippen molar-refractivity contribution in [2.45, 2.75) is 25.8 Å². The number of hydrogen-bond acceptors (Lipinski definition) is 5. The number of carbonyl (C=O) groups excluding carboxylic acids is 1. The molecule has 0 bridgehead atoms. The van der Waals surface area contributed by atoms with Gasteiger partial charge < -0.3 is 9.80 Å². The third kappa shape index (κ3) is 3.89. The lowest BCUT2D eigenvalue weighted by Crippen LogP contribution is -2.53. The molecule has 0 atom stereocenters. The highest BCUT2D eigenvalue weighted by atomic mass is 16.2. The Morgan fingerprint density at radius 2 is 1.67 bits per heavy atom. The fraction of sp³-hybridized carbons (Fsp3) is 0.550. The molecule has 1 amide bonds. The van der Waals surface area contributed by atoms with Gasteiger partial charge in [0.1, 0.15) is 12.7 Å². The zero-order valence-corrected chi connectivity index (χ0v) is 16.0. The van der Waals surface area contributed by atoms with Gasteiger partial charge in [-0.15, -0.1) is 10.2 Å². The highest BCUT2D eigenvalue weighted by molar-refractivity contribution is 5.97. The summed E-state index contributed by atoms with van der Waals surface area (Å²) in [5.74, 6) is 0.105. The summed E-state index contributed by atoms with van der Waals surface area (Å²) in [6, 6.07) is 8.31. The van der Waals surface area contributed by atoms with Crippen LogP contribution in [0.25, 0.3) is 5.69 Å². The first-order chi connectivity index (χ1) is 13.3. The average Bonchev–Trinajstić information content (AvgIpc) is 3.28. The van der Waals surface area contributed by atoms with E-state index in [0.29, 0.717) is 11.6 Å². The molecular weight excluding hydrogens is 340 g/mol. The SMILES string of the molecule is CCN1CCN(C2CCN(C(=O)c3ccccc3-n3cnnc3)CC2)CC1. The highest BCUT2D eigenvalue weighted by Gasteiger charge is 2.29. The van der Waals surface area contributed by atoms with Crippen molar-refractivity contribution in [1.82, 2.24) is 29.5 Å². The highest BCUT2D eigenvalue weighted by Crippen LogP contribution is 2.22. The van der Waals surface area contributed by atoms with Crippen LogP contribution in [-0.2, 0) is 0 Å². The first kappa shape index (κ1) is 18.1. The molecule has 0 radical (unpaired) electrons. The quantitative estimate of drug-likeness (QED) is 0.819. The molecule has 0 N–H and O–H groups in total. The minimum Gasteiger partial charge on any atom is -0.338 e. The number of benzene rings is 1. The van der Waals surface area contributed by atoms with Gasteiger partial charge in [0.2, 0.25) is 0 Å². The number of rotatable bonds is 4. The molecule has 0 spiro atoms. The van der Waals surface area contributed by atoms with Gasteiger partial charge in [0.25, 0.3) is 5.91 Å². The number of amides is 1. The molecule has 144 valence electrons. The summed E-state index contributed by atoms with van der Waals surface area (Å²) in [6.07, 6.45) is 5.39. The van der Waals surface area contributed by atoms with Gasteiger partial charge in [-0.05, 0) is 31.5 Å². The molecule has 7 nitrogen and oxygen atoms in total. The van der Waals surface area contributed by atoms with E-state index in [2.05, 4.69) is 26.9 Å². The Morgan fingerprint density at radius 1 is 1.00 bits per heavy atom. The van der Waals surface area contributed by atoms with Crippen LogP contribution in [0, 0.1) is 0 Å². The van der Waals surface area contributed by atoms with Crippen molar-refractivity contribution in [3.05, 3.63) is 42.5 Å². The fourth-order valence-electron chi connectivity index (χ4n) is 4.25. The Balaban J connectivity index is 1.39. The van der Waals surface area contributed by atoms with Gasteiger partial charge in [0.15, 0.2) is 0 Å². The normalized spacial score (nSPS) is 20.1. The second-order valence-corrected chi connectivity index (χ2v) is 7.38. The summed E-state index contributed by atoms with van der Waals surface area (Å²) in [5, 5.41) is 7.73. The molecule has 2 aromatic rings. The minimum atomic E-state index is 0.105. The van der Waals surface area contributed by atoms with Crippen molar-refractivity contribution >= 4 is 5.91 Å². The van der Waals surface area contributed by atoms with E-state index in [1.54, 1.807) is 17.2 Å². The lowest BCUT2D eigenvalue weighted by atomic mass is 10.0. The second kappa shape index (κ2) is 8.19. The Labute approximate surface area is 160 Å². The number of hydrogen-bond donors (Lipinski definition) is 0. The van der Waals surface area contributed by atoms with Crippen molar-refractivity contribution in [3.8, 4) is 5.69 Å². The van der Waals surface area contributed by atoms with Crippen LogP contribution in [0.3, 0.4) is 0 Å². The van der Waals surface area contributed by atoms with Gasteiger partial charge in [0, 0.05) is 45.3 Å². The number of carbonyl (C=O) groups is 1. The summed E-state index contributed by atoms with van der Waals surface area (Å²) in [6.45, 7) is 9.68. The lowest BCUT2D eigenvalue weighted by molar-refractivity contribution is 0.0490. The summed E-state index contributed by atoms with van der Waals surface area (Å²) in [5.41, 5.74) is 1.55. The summed E-state index contributed by atoms with van der Waals surface area (Å²) < 4.78 is 1.80. The third-order valence-corrected chi connectivity index (χ3v) is 5.95. The van der Waals surface area contributed by atoms with Crippen molar-refractivity contribution < 1.29 is 4.79 Å². The van der Waals surface area contributed by atoms with E-state index in [1.807, 2.05) is 29.2 Å². The van der Waals surface area contributed by atoms with Crippen LogP contribution in [0.4, 0.5) is 0 Å². The van der Waals surface area contributed by atoms with Gasteiger partial charge in [-0.2, -0.15) is 0 Å². The molecule has 1 aromatic carbocycles. The van der Waals surface area contributed by atoms with E-state index in [9.17, 15) is 4.79 Å². The van der Waals surface area contributed by atoms with E-state index in [1.165, 1.54) is 13.1 Å². The Hall–Kier alpha value is -2.25. The van der Waals surface area contributed by atoms with Crippen molar-refractivity contribution in [2.24, 2.45) is 0 Å². The van der Waals surface area contributed by atoms with E-state index in [-0.39, 0.29) is 5.91 Å². The minimum absolute atomic E-state index is 0.105. The van der Waals surface area contributed by atoms with Crippen LogP contribution >= 0.6 is 0 Å². The van der Waals surface area contributed by atoms with Gasteiger partial charge in [-0.1, -0.05) is 19.1 Å². The first-order valence-electron chi connectivity index (χ1n) is 9.96. The summed E-state index contributed by atoms with van der Waals surface area (Å²) in [4.78, 5) is 20.3. The third-order valence-electron chi connectivity index (χ3n) is 5.95. The lowest BCUT2D eigenvalue weighted by Gasteiger charge is -2.42. The van der Waals surface area contributed by atoms with Crippen LogP contribution < -0.4 is 0 Å². The molecule has 27 heavy (non-hydrogen) atoms. The second-order valence-electron chi connectivity index (χ2n) is 7.38. The molecular formula is C20H28N6O. The first-order valence-corrected chi connectivity index (χ1v) is 9.96. The number of para-hydroxylation sites is 1. The number of piperazine rings is 1. The zero-order chi connectivity index (χ0) is 18.6. The van der Waals surface area contributed by atoms with Crippen molar-refractivity contribution in [2.75, 3.05) is 45.8 Å². The predicted octanol–water partition coefficient (Wildman–Crippen LogP) is 1.51. The van der Waals surface area contributed by atoms with Crippen LogP contribution in [0.2, 0.25) is 0 Å². The Kier molecular flexibility index (Phi) is 5.50. The smallest absolute Gasteiger partial charge is 0.255 e. The molecule has 0 aliphatic carbocycles. The standard InChI is InChI=1S/C20H28N6O/c1-2-23-11-13-24(14-12-23)17-7-9-25(10-8-17)20(27)18-5-3-4-6-19(18)26-15-21-22-16-26/h3-6,15-17H,2,7-14H2,1H3. The van der Waals surface area contributed by atoms with Crippen LogP contribution in [0.1, 0.15) is 30.1 Å². The van der Waals surface area contributed by atoms with Crippen LogP contribution in [0.15, 0.2) is 36.9 Å². The molecule has 0 saturated carbocycles. The predicted molar refractivity (Wildman–Crippen MR) is 104 cm³/mol. The number of likely N-dealkylation sites (N-methyl/N-ethyl adjacent to an activating group) is 1. The van der Waals surface area contributed by atoms with Gasteiger partial charge >= 0.3 is 0 Å². The maximum atomic E-state index is 13.1. The van der Waals surface area contributed by atoms with Gasteiger partial charge in [0.05, 0.1) is 11.3 Å². The molecule has 4 rings (SSSR count). The number of likely N-dealkylation sites (tertiary alicyclic amines) is 1. The Bertz CT molecular complexity index is 746. The van der Waals surface area contributed by atoms with Crippen molar-refractivity contribution in [1.29, 1.82) is 0 Å². The van der Waals surface area contributed by atoms with Crippen LogP contribution in [0.5, 0.6) is 0 Å². The molecule has 1 aromatic heterocycles. The molecule has 3 heterocycles. The Morgan fingerprint density at radius 3 is 2.33 bits per heavy atom. The van der Waals surface area contributed by atoms with E-state index < -0.39 is 0 Å². The largest absolute Gasteiger partial charge is 0.338 e. The van der Waals surface area contributed by atoms with Gasteiger partial charge in [-0.3, -0.25) is 14.3 Å². The summed E-state index contributed by atoms with van der Waals surface area (Å²) in [7, 11) is 0. The molecule has 2 fully saturated rings. The van der Waals surface area contributed by atoms with Crippen molar-refractivity contribution in [3.63, 3.8) is 0 Å². The van der Waals surface area contributed by atoms with E-state index >= 15 is 0 Å². The van der Waals surface area contributed by atoms with E-state index in [4.69, 9.17) is 0 Å². The number of aromatic nitrogens is 3. The maximum Gasteiger partial charge on any atom is 0.255 e. The monoisotopic (exact) mass is 368 g/mol. The molecule has 2 aliphatic rings. The summed E-state index contributed by atoms with van der Waals surface area (Å²) >= 11 is 0. The van der Waals surface area contributed by atoms with Gasteiger partial charge in [-0.25, -0.2) is 0 Å². The number of piperidine rings is 1. The van der Waals surface area contributed by atoms with E-state index in [0.717, 1.165) is 51.3 Å². The molecule has 2 aliphatic heterocycles. The fourth-order valence-corrected chi connectivity index (χ4v) is 4.25. The molecule has 0 unspecified atom stereocenters. The topological polar surface area (TPSA) is 57.5 Å². The molecule has 7 heteroatoms. The number of nitrogens with zero attached hydrogens (tertiary/aromatic N) is 6. The zero-order valence-electron chi connectivity index (χ0n) is 16.0. The van der Waals surface area contributed by atoms with Crippen LogP contribution in [-0.4, -0.2) is 87.2 Å². The maximum absolute atomic E-state index is 13.1. The molecule has 2 saturated heterocycles.